The number of nitrogens with one attached hydrogen (secondary N) is 1. The number of hydrogen-bond acceptors (Lipinski definition) is 2. The molecule has 0 spiro atoms. The molecule has 1 aromatic carbocycles. The van der Waals surface area contributed by atoms with Crippen molar-refractivity contribution in [2.75, 3.05) is 5.88 Å². The van der Waals surface area contributed by atoms with Crippen LogP contribution in [0.25, 0.3) is 0 Å². The summed E-state index contributed by atoms with van der Waals surface area (Å²) in [5, 5.41) is 12.3. The molecular weight excluding hydrogens is 261 g/mol. The molecule has 2 N–H and O–H groups in total. The zero-order chi connectivity index (χ0) is 13.1. The summed E-state index contributed by atoms with van der Waals surface area (Å²) in [7, 11) is 0. The maximum absolute atomic E-state index is 11.9. The Morgan fingerprint density at radius 3 is 2.65 bits per heavy atom. The zero-order valence-corrected chi connectivity index (χ0v) is 11.3. The molecule has 94 valence electrons. The van der Waals surface area contributed by atoms with Crippen molar-refractivity contribution in [3.63, 3.8) is 0 Å². The highest BCUT2D eigenvalue weighted by Crippen LogP contribution is 2.24. The van der Waals surface area contributed by atoms with E-state index in [1.807, 2.05) is 13.8 Å². The van der Waals surface area contributed by atoms with E-state index in [1.54, 1.807) is 0 Å². The van der Waals surface area contributed by atoms with Crippen LogP contribution in [0.4, 0.5) is 0 Å². The fourth-order valence-corrected chi connectivity index (χ4v) is 1.65. The molecule has 3 nitrogen and oxygen atoms in total. The quantitative estimate of drug-likeness (QED) is 0.830. The van der Waals surface area contributed by atoms with Gasteiger partial charge in [0, 0.05) is 11.4 Å². The lowest BCUT2D eigenvalue weighted by atomic mass is 10.0. The summed E-state index contributed by atoms with van der Waals surface area (Å²) in [5.41, 5.74) is -0.0409. The van der Waals surface area contributed by atoms with Crippen LogP contribution in [-0.2, 0) is 0 Å². The molecule has 1 rings (SSSR count). The van der Waals surface area contributed by atoms with Crippen LogP contribution in [-0.4, -0.2) is 22.4 Å². The molecule has 0 radical (unpaired) electrons. The van der Waals surface area contributed by atoms with Crippen LogP contribution in [0, 0.1) is 0 Å². The minimum Gasteiger partial charge on any atom is -0.506 e. The lowest BCUT2D eigenvalue weighted by Crippen LogP contribution is -2.47. The van der Waals surface area contributed by atoms with E-state index >= 15 is 0 Å². The summed E-state index contributed by atoms with van der Waals surface area (Å²) in [6.45, 7) is 3.83. The standard InChI is InChI=1S/C12H15Cl2NO2/c1-3-12(2,7-13)15-11(17)8-4-5-10(16)9(14)6-8/h4-6,16H,3,7H2,1-2H3,(H,15,17). The average Bonchev–Trinajstić information content (AvgIpc) is 2.32. The summed E-state index contributed by atoms with van der Waals surface area (Å²) in [6.07, 6.45) is 0.730. The van der Waals surface area contributed by atoms with Crippen molar-refractivity contribution in [3.05, 3.63) is 28.8 Å². The van der Waals surface area contributed by atoms with Crippen molar-refractivity contribution in [3.8, 4) is 5.75 Å². The molecule has 0 heterocycles. The number of aromatic hydroxyl groups is 1. The van der Waals surface area contributed by atoms with Gasteiger partial charge in [0.05, 0.1) is 10.6 Å². The molecule has 1 aromatic rings. The Morgan fingerprint density at radius 2 is 2.18 bits per heavy atom. The van der Waals surface area contributed by atoms with Gasteiger partial charge in [-0.2, -0.15) is 0 Å². The summed E-state index contributed by atoms with van der Waals surface area (Å²) >= 11 is 11.6. The monoisotopic (exact) mass is 275 g/mol. The fourth-order valence-electron chi connectivity index (χ4n) is 1.21. The van der Waals surface area contributed by atoms with Crippen LogP contribution >= 0.6 is 23.2 Å². The second-order valence-electron chi connectivity index (χ2n) is 4.17. The minimum atomic E-state index is -0.441. The first-order chi connectivity index (χ1) is 7.91. The molecule has 0 bridgehead atoms. The van der Waals surface area contributed by atoms with Crippen molar-refractivity contribution in [2.45, 2.75) is 25.8 Å². The minimum absolute atomic E-state index is 0.0428. The zero-order valence-electron chi connectivity index (χ0n) is 9.76. The van der Waals surface area contributed by atoms with Crippen molar-refractivity contribution < 1.29 is 9.90 Å². The highest BCUT2D eigenvalue weighted by atomic mass is 35.5. The lowest BCUT2D eigenvalue weighted by molar-refractivity contribution is 0.0912. The second-order valence-corrected chi connectivity index (χ2v) is 4.84. The summed E-state index contributed by atoms with van der Waals surface area (Å²) < 4.78 is 0. The summed E-state index contributed by atoms with van der Waals surface area (Å²) in [4.78, 5) is 11.9. The topological polar surface area (TPSA) is 49.3 Å². The normalized spacial score (nSPS) is 14.1. The smallest absolute Gasteiger partial charge is 0.251 e. The number of halogens is 2. The van der Waals surface area contributed by atoms with E-state index in [0.29, 0.717) is 11.4 Å². The molecule has 0 saturated carbocycles. The van der Waals surface area contributed by atoms with E-state index in [4.69, 9.17) is 23.2 Å². The maximum Gasteiger partial charge on any atom is 0.251 e. The predicted octanol–water partition coefficient (Wildman–Crippen LogP) is 3.18. The third kappa shape index (κ3) is 3.51. The largest absolute Gasteiger partial charge is 0.506 e. The molecule has 0 aliphatic rings. The first-order valence-electron chi connectivity index (χ1n) is 5.29. The molecule has 0 aromatic heterocycles. The average molecular weight is 276 g/mol. The van der Waals surface area contributed by atoms with Crippen LogP contribution in [0.3, 0.4) is 0 Å². The van der Waals surface area contributed by atoms with Gasteiger partial charge < -0.3 is 10.4 Å². The first-order valence-corrected chi connectivity index (χ1v) is 6.20. The van der Waals surface area contributed by atoms with Crippen LogP contribution in [0.1, 0.15) is 30.6 Å². The first kappa shape index (κ1) is 14.1. The Labute approximate surface area is 111 Å². The Hall–Kier alpha value is -0.930. The van der Waals surface area contributed by atoms with Gasteiger partial charge in [0.2, 0.25) is 0 Å². The van der Waals surface area contributed by atoms with Gasteiger partial charge in [-0.1, -0.05) is 18.5 Å². The van der Waals surface area contributed by atoms with Crippen molar-refractivity contribution in [1.29, 1.82) is 0 Å². The fraction of sp³-hybridized carbons (Fsp3) is 0.417. The van der Waals surface area contributed by atoms with E-state index in [9.17, 15) is 9.90 Å². The highest BCUT2D eigenvalue weighted by Gasteiger charge is 2.23. The van der Waals surface area contributed by atoms with Gasteiger partial charge in [-0.25, -0.2) is 0 Å². The molecule has 5 heteroatoms. The number of rotatable bonds is 4. The van der Waals surface area contributed by atoms with Crippen LogP contribution in [0.2, 0.25) is 5.02 Å². The van der Waals surface area contributed by atoms with E-state index in [1.165, 1.54) is 18.2 Å². The lowest BCUT2D eigenvalue weighted by Gasteiger charge is -2.27. The molecule has 0 aliphatic heterocycles. The number of alkyl halides is 1. The van der Waals surface area contributed by atoms with Gasteiger partial charge >= 0.3 is 0 Å². The number of carbonyl (C=O) groups is 1. The Morgan fingerprint density at radius 1 is 1.53 bits per heavy atom. The molecule has 1 atom stereocenters. The summed E-state index contributed by atoms with van der Waals surface area (Å²) in [5.74, 6) is 0.0387. The molecule has 0 aliphatic carbocycles. The number of hydrogen-bond donors (Lipinski definition) is 2. The molecule has 17 heavy (non-hydrogen) atoms. The van der Waals surface area contributed by atoms with Crippen molar-refractivity contribution in [2.24, 2.45) is 0 Å². The van der Waals surface area contributed by atoms with E-state index in [-0.39, 0.29) is 16.7 Å². The van der Waals surface area contributed by atoms with E-state index in [2.05, 4.69) is 5.32 Å². The molecule has 1 amide bonds. The molecule has 1 unspecified atom stereocenters. The molecule has 0 fully saturated rings. The van der Waals surface area contributed by atoms with Gasteiger partial charge in [-0.15, -0.1) is 11.6 Å². The van der Waals surface area contributed by atoms with Gasteiger partial charge in [0.15, 0.2) is 0 Å². The Kier molecular flexibility index (Phi) is 4.66. The predicted molar refractivity (Wildman–Crippen MR) is 70.0 cm³/mol. The van der Waals surface area contributed by atoms with E-state index in [0.717, 1.165) is 6.42 Å². The van der Waals surface area contributed by atoms with Crippen LogP contribution < -0.4 is 5.32 Å². The number of phenolic OH excluding ortho intramolecular Hbond substituents is 1. The maximum atomic E-state index is 11.9. The van der Waals surface area contributed by atoms with Crippen molar-refractivity contribution in [1.82, 2.24) is 5.32 Å². The molecule has 0 saturated heterocycles. The third-order valence-corrected chi connectivity index (χ3v) is 3.59. The van der Waals surface area contributed by atoms with Gasteiger partial charge in [-0.3, -0.25) is 4.79 Å². The third-order valence-electron chi connectivity index (χ3n) is 2.70. The van der Waals surface area contributed by atoms with Gasteiger partial charge in [0.25, 0.3) is 5.91 Å². The summed E-state index contributed by atoms with van der Waals surface area (Å²) in [6, 6.07) is 4.33. The highest BCUT2D eigenvalue weighted by molar-refractivity contribution is 6.32. The number of phenols is 1. The Balaban J connectivity index is 2.86. The Bertz CT molecular complexity index is 417. The SMILES string of the molecule is CCC(C)(CCl)NC(=O)c1ccc(O)c(Cl)c1. The van der Waals surface area contributed by atoms with Gasteiger partial charge in [-0.05, 0) is 31.5 Å². The molecular formula is C12H15Cl2NO2. The van der Waals surface area contributed by atoms with Crippen LogP contribution in [0.5, 0.6) is 5.75 Å². The van der Waals surface area contributed by atoms with E-state index < -0.39 is 5.54 Å². The number of carbonyl (C=O) groups excluding carboxylic acids is 1. The second kappa shape index (κ2) is 5.61. The van der Waals surface area contributed by atoms with Crippen molar-refractivity contribution >= 4 is 29.1 Å². The number of benzene rings is 1. The van der Waals surface area contributed by atoms with Crippen LogP contribution in [0.15, 0.2) is 18.2 Å². The number of amides is 1. The van der Waals surface area contributed by atoms with Gasteiger partial charge in [0.1, 0.15) is 5.75 Å².